The monoisotopic (exact) mass is 239 g/mol. The summed E-state index contributed by atoms with van der Waals surface area (Å²) < 4.78 is 6.90. The summed E-state index contributed by atoms with van der Waals surface area (Å²) >= 11 is 0. The molecule has 0 fully saturated rings. The quantitative estimate of drug-likeness (QED) is 0.664. The van der Waals surface area contributed by atoms with Gasteiger partial charge in [-0.15, -0.1) is 0 Å². The van der Waals surface area contributed by atoms with Gasteiger partial charge < -0.3 is 10.1 Å². The van der Waals surface area contributed by atoms with Crippen LogP contribution in [-0.4, -0.2) is 36.6 Å². The van der Waals surface area contributed by atoms with Crippen LogP contribution in [0.4, 0.5) is 0 Å². The van der Waals surface area contributed by atoms with Crippen LogP contribution in [0.25, 0.3) is 0 Å². The van der Waals surface area contributed by atoms with Crippen molar-refractivity contribution in [2.75, 3.05) is 26.8 Å². The molecule has 0 aliphatic heterocycles. The molecule has 0 amide bonds. The van der Waals surface area contributed by atoms with Crippen LogP contribution in [0.15, 0.2) is 6.20 Å². The van der Waals surface area contributed by atoms with Crippen molar-refractivity contribution in [2.24, 2.45) is 7.05 Å². The molecule has 1 rings (SSSR count). The van der Waals surface area contributed by atoms with Gasteiger partial charge in [-0.3, -0.25) is 4.68 Å². The van der Waals surface area contributed by atoms with Gasteiger partial charge in [-0.05, 0) is 37.8 Å². The summed E-state index contributed by atoms with van der Waals surface area (Å²) in [5.74, 6) is 0. The fourth-order valence-electron chi connectivity index (χ4n) is 1.95. The van der Waals surface area contributed by atoms with Crippen molar-refractivity contribution in [1.29, 1.82) is 0 Å². The highest BCUT2D eigenvalue weighted by atomic mass is 16.5. The molecule has 0 spiro atoms. The van der Waals surface area contributed by atoms with Gasteiger partial charge in [0.2, 0.25) is 0 Å². The van der Waals surface area contributed by atoms with E-state index in [1.54, 1.807) is 7.11 Å². The van der Waals surface area contributed by atoms with Crippen LogP contribution in [0.1, 0.15) is 31.0 Å². The van der Waals surface area contributed by atoms with Crippen molar-refractivity contribution < 1.29 is 4.74 Å². The zero-order chi connectivity index (χ0) is 12.5. The number of aromatic nitrogens is 2. The first-order valence-electron chi connectivity index (χ1n) is 6.49. The molecule has 98 valence electrons. The lowest BCUT2D eigenvalue weighted by atomic mass is 10.1. The molecule has 4 nitrogen and oxygen atoms in total. The zero-order valence-electron chi connectivity index (χ0n) is 11.3. The lowest BCUT2D eigenvalue weighted by Crippen LogP contribution is -2.20. The van der Waals surface area contributed by atoms with Gasteiger partial charge in [0.15, 0.2) is 0 Å². The number of nitrogens with one attached hydrogen (secondary N) is 1. The SMILES string of the molecule is CCc1nn(C)cc1CCCCNCCOC. The molecule has 1 heterocycles. The number of nitrogens with zero attached hydrogens (tertiary/aromatic N) is 2. The lowest BCUT2D eigenvalue weighted by molar-refractivity contribution is 0.199. The van der Waals surface area contributed by atoms with Crippen molar-refractivity contribution >= 4 is 0 Å². The van der Waals surface area contributed by atoms with Crippen molar-refractivity contribution in [3.8, 4) is 0 Å². The minimum Gasteiger partial charge on any atom is -0.383 e. The van der Waals surface area contributed by atoms with Crippen LogP contribution in [0.3, 0.4) is 0 Å². The van der Waals surface area contributed by atoms with E-state index >= 15 is 0 Å². The van der Waals surface area contributed by atoms with Crippen LogP contribution in [-0.2, 0) is 24.6 Å². The number of hydrogen-bond acceptors (Lipinski definition) is 3. The number of aryl methyl sites for hydroxylation is 3. The minimum atomic E-state index is 0.794. The first-order valence-corrected chi connectivity index (χ1v) is 6.49. The fraction of sp³-hybridized carbons (Fsp3) is 0.769. The van der Waals surface area contributed by atoms with Gasteiger partial charge in [-0.2, -0.15) is 5.10 Å². The van der Waals surface area contributed by atoms with Crippen LogP contribution in [0.5, 0.6) is 0 Å². The van der Waals surface area contributed by atoms with Gasteiger partial charge in [0, 0.05) is 26.9 Å². The standard InChI is InChI=1S/C13H25N3O/c1-4-13-12(11-16(2)15-13)7-5-6-8-14-9-10-17-3/h11,14H,4-10H2,1-3H3. The first kappa shape index (κ1) is 14.2. The number of rotatable bonds is 9. The van der Waals surface area contributed by atoms with Gasteiger partial charge in [0.05, 0.1) is 12.3 Å². The van der Waals surface area contributed by atoms with Crippen molar-refractivity contribution in [2.45, 2.75) is 32.6 Å². The number of methoxy groups -OCH3 is 1. The Balaban J connectivity index is 2.13. The van der Waals surface area contributed by atoms with Crippen molar-refractivity contribution in [3.05, 3.63) is 17.5 Å². The molecule has 0 bridgehead atoms. The van der Waals surface area contributed by atoms with E-state index in [4.69, 9.17) is 4.74 Å². The molecule has 1 aromatic heterocycles. The number of ether oxygens (including phenoxy) is 1. The molecule has 17 heavy (non-hydrogen) atoms. The van der Waals surface area contributed by atoms with E-state index < -0.39 is 0 Å². The third-order valence-corrected chi connectivity index (χ3v) is 2.86. The second-order valence-corrected chi connectivity index (χ2v) is 4.33. The summed E-state index contributed by atoms with van der Waals surface area (Å²) in [7, 11) is 3.73. The van der Waals surface area contributed by atoms with E-state index in [9.17, 15) is 0 Å². The Morgan fingerprint density at radius 1 is 1.35 bits per heavy atom. The Morgan fingerprint density at radius 2 is 2.18 bits per heavy atom. The Kier molecular flexibility index (Phi) is 6.89. The molecule has 0 atom stereocenters. The minimum absolute atomic E-state index is 0.794. The van der Waals surface area contributed by atoms with Crippen molar-refractivity contribution in [3.63, 3.8) is 0 Å². The molecule has 0 saturated heterocycles. The molecule has 4 heteroatoms. The predicted octanol–water partition coefficient (Wildman–Crippen LogP) is 1.54. The molecular formula is C13H25N3O. The maximum absolute atomic E-state index is 4.98. The average Bonchev–Trinajstić information content (AvgIpc) is 2.68. The molecule has 1 aromatic rings. The first-order chi connectivity index (χ1) is 8.27. The highest BCUT2D eigenvalue weighted by Crippen LogP contribution is 2.10. The molecule has 0 unspecified atom stereocenters. The Bertz CT molecular complexity index is 310. The Labute approximate surface area is 104 Å². The van der Waals surface area contributed by atoms with E-state index in [0.29, 0.717) is 0 Å². The zero-order valence-corrected chi connectivity index (χ0v) is 11.3. The molecule has 0 aliphatic rings. The van der Waals surface area contributed by atoms with Crippen molar-refractivity contribution in [1.82, 2.24) is 15.1 Å². The topological polar surface area (TPSA) is 39.1 Å². The lowest BCUT2D eigenvalue weighted by Gasteiger charge is -2.03. The maximum atomic E-state index is 4.98. The molecule has 0 aliphatic carbocycles. The summed E-state index contributed by atoms with van der Waals surface area (Å²) in [6, 6.07) is 0. The van der Waals surface area contributed by atoms with Gasteiger partial charge >= 0.3 is 0 Å². The Morgan fingerprint density at radius 3 is 2.88 bits per heavy atom. The third-order valence-electron chi connectivity index (χ3n) is 2.86. The second kappa shape index (κ2) is 8.25. The molecule has 1 N–H and O–H groups in total. The average molecular weight is 239 g/mol. The van der Waals surface area contributed by atoms with Gasteiger partial charge in [0.1, 0.15) is 0 Å². The van der Waals surface area contributed by atoms with Gasteiger partial charge in [-0.25, -0.2) is 0 Å². The highest BCUT2D eigenvalue weighted by Gasteiger charge is 2.04. The van der Waals surface area contributed by atoms with E-state index in [0.717, 1.165) is 32.5 Å². The summed E-state index contributed by atoms with van der Waals surface area (Å²) in [5.41, 5.74) is 2.66. The van der Waals surface area contributed by atoms with Crippen LogP contribution < -0.4 is 5.32 Å². The Hall–Kier alpha value is -0.870. The van der Waals surface area contributed by atoms with Crippen LogP contribution in [0.2, 0.25) is 0 Å². The summed E-state index contributed by atoms with van der Waals surface area (Å²) in [6.45, 7) is 4.98. The molecule has 0 radical (unpaired) electrons. The molecule has 0 saturated carbocycles. The fourth-order valence-corrected chi connectivity index (χ4v) is 1.95. The summed E-state index contributed by atoms with van der Waals surface area (Å²) in [4.78, 5) is 0. The van der Waals surface area contributed by atoms with Gasteiger partial charge in [0.25, 0.3) is 0 Å². The maximum Gasteiger partial charge on any atom is 0.0653 e. The molecular weight excluding hydrogens is 214 g/mol. The largest absolute Gasteiger partial charge is 0.383 e. The highest BCUT2D eigenvalue weighted by molar-refractivity contribution is 5.16. The van der Waals surface area contributed by atoms with Crippen LogP contribution in [0, 0.1) is 0 Å². The second-order valence-electron chi connectivity index (χ2n) is 4.33. The van der Waals surface area contributed by atoms with Crippen LogP contribution >= 0.6 is 0 Å². The smallest absolute Gasteiger partial charge is 0.0653 e. The van der Waals surface area contributed by atoms with E-state index in [1.165, 1.54) is 24.1 Å². The summed E-state index contributed by atoms with van der Waals surface area (Å²) in [5, 5.41) is 7.81. The molecule has 0 aromatic carbocycles. The van der Waals surface area contributed by atoms with E-state index in [-0.39, 0.29) is 0 Å². The van der Waals surface area contributed by atoms with Gasteiger partial charge in [-0.1, -0.05) is 6.92 Å². The third kappa shape index (κ3) is 5.33. The number of unbranched alkanes of at least 4 members (excludes halogenated alkanes) is 1. The number of hydrogen-bond donors (Lipinski definition) is 1. The van der Waals surface area contributed by atoms with E-state index in [2.05, 4.69) is 23.5 Å². The summed E-state index contributed by atoms with van der Waals surface area (Å²) in [6.07, 6.45) is 6.75. The van der Waals surface area contributed by atoms with E-state index in [1.807, 2.05) is 11.7 Å². The predicted molar refractivity (Wildman–Crippen MR) is 70.3 cm³/mol. The normalized spacial score (nSPS) is 11.0.